The predicted octanol–water partition coefficient (Wildman–Crippen LogP) is 2.75. The molecule has 1 saturated carbocycles. The average molecular weight is 369 g/mol. The van der Waals surface area contributed by atoms with Crippen LogP contribution in [0.25, 0.3) is 10.2 Å². The summed E-state index contributed by atoms with van der Waals surface area (Å²) in [7, 11) is 0. The Morgan fingerprint density at radius 2 is 2.23 bits per heavy atom. The van der Waals surface area contributed by atoms with E-state index in [0.29, 0.717) is 18.8 Å². The Hall–Kier alpha value is -1.95. The number of amides is 2. The maximum Gasteiger partial charge on any atom is 0.228 e. The first-order valence-electron chi connectivity index (χ1n) is 9.61. The van der Waals surface area contributed by atoms with Gasteiger partial charge in [0, 0.05) is 37.9 Å². The summed E-state index contributed by atoms with van der Waals surface area (Å²) in [5, 5.41) is 4.08. The van der Waals surface area contributed by atoms with Gasteiger partial charge in [-0.15, -0.1) is 11.3 Å². The fourth-order valence-corrected chi connectivity index (χ4v) is 6.32. The summed E-state index contributed by atoms with van der Waals surface area (Å²) in [6, 6.07) is 8.21. The molecule has 136 valence electrons. The molecule has 2 aromatic rings. The SMILES string of the molecule is O=C(CCc1nc2ccccc2s1)N1C[C@H]2CNC(=O)[C@]23CCCC[C@@H]13. The van der Waals surface area contributed by atoms with Gasteiger partial charge in [0.1, 0.15) is 0 Å². The van der Waals surface area contributed by atoms with Crippen molar-refractivity contribution in [3.8, 4) is 0 Å². The molecule has 2 saturated heterocycles. The van der Waals surface area contributed by atoms with Gasteiger partial charge in [0.2, 0.25) is 11.8 Å². The zero-order valence-electron chi connectivity index (χ0n) is 14.7. The Kier molecular flexibility index (Phi) is 3.78. The maximum atomic E-state index is 13.0. The molecule has 3 heterocycles. The first kappa shape index (κ1) is 16.2. The molecule has 1 aliphatic carbocycles. The second kappa shape index (κ2) is 6.05. The minimum atomic E-state index is -0.302. The van der Waals surface area contributed by atoms with Crippen molar-refractivity contribution in [2.45, 2.75) is 44.6 Å². The Morgan fingerprint density at radius 3 is 3.12 bits per heavy atom. The van der Waals surface area contributed by atoms with Crippen LogP contribution in [0.2, 0.25) is 0 Å². The van der Waals surface area contributed by atoms with E-state index in [0.717, 1.165) is 49.3 Å². The molecular formula is C20H23N3O2S. The summed E-state index contributed by atoms with van der Waals surface area (Å²) in [4.78, 5) is 32.3. The number of para-hydroxylation sites is 1. The molecule has 26 heavy (non-hydrogen) atoms. The first-order chi connectivity index (χ1) is 12.7. The van der Waals surface area contributed by atoms with Crippen molar-refractivity contribution >= 4 is 33.4 Å². The highest BCUT2D eigenvalue weighted by molar-refractivity contribution is 7.18. The third-order valence-electron chi connectivity index (χ3n) is 6.58. The number of carbonyl (C=O) groups excluding carboxylic acids is 2. The second-order valence-electron chi connectivity index (χ2n) is 7.83. The van der Waals surface area contributed by atoms with Gasteiger partial charge in [0.15, 0.2) is 0 Å². The number of aromatic nitrogens is 1. The minimum absolute atomic E-state index is 0.103. The predicted molar refractivity (Wildman–Crippen MR) is 101 cm³/mol. The minimum Gasteiger partial charge on any atom is -0.355 e. The summed E-state index contributed by atoms with van der Waals surface area (Å²) < 4.78 is 1.17. The second-order valence-corrected chi connectivity index (χ2v) is 8.95. The molecule has 3 fully saturated rings. The fraction of sp³-hybridized carbons (Fsp3) is 0.550. The molecule has 0 bridgehead atoms. The number of likely N-dealkylation sites (tertiary alicyclic amines) is 1. The molecule has 3 atom stereocenters. The van der Waals surface area contributed by atoms with Crippen LogP contribution in [0.4, 0.5) is 0 Å². The molecule has 1 aromatic carbocycles. The van der Waals surface area contributed by atoms with E-state index in [-0.39, 0.29) is 23.3 Å². The Balaban J connectivity index is 1.32. The highest BCUT2D eigenvalue weighted by Gasteiger charge is 2.62. The first-order valence-corrected chi connectivity index (χ1v) is 10.4. The van der Waals surface area contributed by atoms with Gasteiger partial charge in [-0.2, -0.15) is 0 Å². The Labute approximate surface area is 156 Å². The third-order valence-corrected chi connectivity index (χ3v) is 7.67. The quantitative estimate of drug-likeness (QED) is 0.905. The number of hydrogen-bond donors (Lipinski definition) is 1. The van der Waals surface area contributed by atoms with Crippen molar-refractivity contribution in [1.29, 1.82) is 0 Å². The summed E-state index contributed by atoms with van der Waals surface area (Å²) >= 11 is 1.67. The monoisotopic (exact) mass is 369 g/mol. The number of benzene rings is 1. The van der Waals surface area contributed by atoms with Gasteiger partial charge in [-0.05, 0) is 25.0 Å². The molecular weight excluding hydrogens is 346 g/mol. The van der Waals surface area contributed by atoms with E-state index in [1.165, 1.54) is 4.70 Å². The molecule has 0 unspecified atom stereocenters. The topological polar surface area (TPSA) is 62.3 Å². The Morgan fingerprint density at radius 1 is 1.35 bits per heavy atom. The molecule has 2 aliphatic heterocycles. The van der Waals surface area contributed by atoms with Crippen LogP contribution in [-0.2, 0) is 16.0 Å². The molecule has 5 rings (SSSR count). The number of nitrogens with zero attached hydrogens (tertiary/aromatic N) is 2. The third kappa shape index (κ3) is 2.31. The highest BCUT2D eigenvalue weighted by Crippen LogP contribution is 2.52. The van der Waals surface area contributed by atoms with Crippen LogP contribution < -0.4 is 5.32 Å². The fourth-order valence-electron chi connectivity index (χ4n) is 5.35. The van der Waals surface area contributed by atoms with E-state index in [1.54, 1.807) is 11.3 Å². The molecule has 5 nitrogen and oxygen atoms in total. The lowest BCUT2D eigenvalue weighted by molar-refractivity contribution is -0.137. The Bertz CT molecular complexity index is 846. The standard InChI is InChI=1S/C20H23N3O2S/c24-18(9-8-17-22-14-5-1-2-6-15(14)26-17)23-12-13-11-21-19(25)20(13)10-4-3-7-16(20)23/h1-2,5-6,13,16H,3-4,7-12H2,(H,21,25)/t13-,16-,20-/m1/s1. The van der Waals surface area contributed by atoms with E-state index in [2.05, 4.69) is 16.4 Å². The molecule has 1 N–H and O–H groups in total. The van der Waals surface area contributed by atoms with Gasteiger partial charge in [0.05, 0.1) is 20.6 Å². The number of nitrogens with one attached hydrogen (secondary N) is 1. The highest BCUT2D eigenvalue weighted by atomic mass is 32.1. The van der Waals surface area contributed by atoms with E-state index in [1.807, 2.05) is 23.1 Å². The van der Waals surface area contributed by atoms with Crippen molar-refractivity contribution < 1.29 is 9.59 Å². The van der Waals surface area contributed by atoms with Gasteiger partial charge in [-0.3, -0.25) is 9.59 Å². The van der Waals surface area contributed by atoms with Crippen LogP contribution >= 0.6 is 11.3 Å². The zero-order valence-corrected chi connectivity index (χ0v) is 15.6. The van der Waals surface area contributed by atoms with Crippen molar-refractivity contribution in [1.82, 2.24) is 15.2 Å². The molecule has 2 amide bonds. The number of thiazole rings is 1. The number of hydrogen-bond acceptors (Lipinski definition) is 4. The average Bonchev–Trinajstić information content (AvgIpc) is 3.31. The summed E-state index contributed by atoms with van der Waals surface area (Å²) in [6.07, 6.45) is 5.31. The van der Waals surface area contributed by atoms with Crippen molar-refractivity contribution in [3.05, 3.63) is 29.3 Å². The number of carbonyl (C=O) groups is 2. The van der Waals surface area contributed by atoms with Gasteiger partial charge >= 0.3 is 0 Å². The van der Waals surface area contributed by atoms with E-state index < -0.39 is 0 Å². The lowest BCUT2D eigenvalue weighted by Gasteiger charge is -2.39. The van der Waals surface area contributed by atoms with Crippen molar-refractivity contribution in [2.24, 2.45) is 11.3 Å². The largest absolute Gasteiger partial charge is 0.355 e. The smallest absolute Gasteiger partial charge is 0.228 e. The number of fused-ring (bicyclic) bond motifs is 1. The number of aryl methyl sites for hydroxylation is 1. The number of rotatable bonds is 3. The molecule has 1 aromatic heterocycles. The zero-order chi connectivity index (χ0) is 17.7. The normalized spacial score (nSPS) is 30.3. The lowest BCUT2D eigenvalue weighted by Crippen LogP contribution is -2.50. The maximum absolute atomic E-state index is 13.0. The van der Waals surface area contributed by atoms with Crippen LogP contribution in [-0.4, -0.2) is 40.8 Å². The van der Waals surface area contributed by atoms with Crippen molar-refractivity contribution in [3.63, 3.8) is 0 Å². The summed E-state index contributed by atoms with van der Waals surface area (Å²) in [5.74, 6) is 0.679. The molecule has 1 spiro atoms. The van der Waals surface area contributed by atoms with E-state index >= 15 is 0 Å². The molecule has 0 radical (unpaired) electrons. The summed E-state index contributed by atoms with van der Waals surface area (Å²) in [5.41, 5.74) is 0.711. The van der Waals surface area contributed by atoms with Gasteiger partial charge in [0.25, 0.3) is 0 Å². The van der Waals surface area contributed by atoms with Gasteiger partial charge < -0.3 is 10.2 Å². The van der Waals surface area contributed by atoms with Gasteiger partial charge in [-0.1, -0.05) is 25.0 Å². The van der Waals surface area contributed by atoms with Crippen molar-refractivity contribution in [2.75, 3.05) is 13.1 Å². The van der Waals surface area contributed by atoms with Crippen LogP contribution in [0.5, 0.6) is 0 Å². The van der Waals surface area contributed by atoms with E-state index in [4.69, 9.17) is 0 Å². The van der Waals surface area contributed by atoms with Gasteiger partial charge in [-0.25, -0.2) is 4.98 Å². The van der Waals surface area contributed by atoms with Crippen LogP contribution in [0.1, 0.15) is 37.1 Å². The van der Waals surface area contributed by atoms with Crippen LogP contribution in [0, 0.1) is 11.3 Å². The molecule has 6 heteroatoms. The lowest BCUT2D eigenvalue weighted by atomic mass is 9.67. The van der Waals surface area contributed by atoms with Crippen LogP contribution in [0.15, 0.2) is 24.3 Å². The summed E-state index contributed by atoms with van der Waals surface area (Å²) in [6.45, 7) is 1.47. The molecule has 3 aliphatic rings. The van der Waals surface area contributed by atoms with E-state index in [9.17, 15) is 9.59 Å². The van der Waals surface area contributed by atoms with Crippen LogP contribution in [0.3, 0.4) is 0 Å².